The number of pyridine rings is 1. The van der Waals surface area contributed by atoms with Gasteiger partial charge in [0, 0.05) is 23.0 Å². The number of nitrogens with two attached hydrogens (primary N) is 1. The van der Waals surface area contributed by atoms with Crippen LogP contribution in [0.15, 0.2) is 24.7 Å². The van der Waals surface area contributed by atoms with Gasteiger partial charge < -0.3 is 15.6 Å². The molecule has 0 unspecified atom stereocenters. The third kappa shape index (κ3) is 3.32. The first-order chi connectivity index (χ1) is 11.2. The Kier molecular flexibility index (Phi) is 5.07. The number of anilines is 1. The average Bonchev–Trinajstić information content (AvgIpc) is 2.88. The Bertz CT molecular complexity index is 971. The molecule has 3 aromatic heterocycles. The summed E-state index contributed by atoms with van der Waals surface area (Å²) in [5.41, 5.74) is 4.20. The third-order valence-corrected chi connectivity index (χ3v) is 3.49. The maximum absolute atomic E-state index is 13.3. The van der Waals surface area contributed by atoms with Crippen molar-refractivity contribution in [3.05, 3.63) is 41.5 Å². The standard InChI is InChI=1S/C14H10F3N5O2.Na/c1-6-8(13(23)24)2-7(4-19-6)10-3-9(14(15,16)17)11-12(18)20-5-21-22(10)11;/h2-5H,1H3,(H,23,24)(H2,18,20,21);/q;+1/p-1. The number of carboxylic acid groups (broad SMARTS) is 1. The van der Waals surface area contributed by atoms with Crippen LogP contribution in [0.3, 0.4) is 0 Å². The van der Waals surface area contributed by atoms with E-state index in [1.165, 1.54) is 19.2 Å². The Morgan fingerprint density at radius 1 is 1.28 bits per heavy atom. The first-order valence-electron chi connectivity index (χ1n) is 6.58. The molecule has 0 amide bonds. The number of aromatic nitrogens is 4. The number of aromatic carboxylic acids is 1. The van der Waals surface area contributed by atoms with Gasteiger partial charge in [-0.1, -0.05) is 0 Å². The smallest absolute Gasteiger partial charge is 0.545 e. The molecule has 3 heterocycles. The Labute approximate surface area is 161 Å². The van der Waals surface area contributed by atoms with E-state index in [9.17, 15) is 23.1 Å². The van der Waals surface area contributed by atoms with Crippen molar-refractivity contribution in [1.82, 2.24) is 19.6 Å². The second-order valence-electron chi connectivity index (χ2n) is 4.99. The van der Waals surface area contributed by atoms with Crippen LogP contribution in [0.5, 0.6) is 0 Å². The molecule has 0 saturated carbocycles. The molecule has 0 aliphatic rings. The van der Waals surface area contributed by atoms with Crippen molar-refractivity contribution in [1.29, 1.82) is 0 Å². The monoisotopic (exact) mass is 359 g/mol. The quantitative estimate of drug-likeness (QED) is 0.534. The number of nitrogen functional groups attached to an aromatic ring is 1. The molecular formula is C14H9F3N5NaO2. The van der Waals surface area contributed by atoms with Crippen molar-refractivity contribution in [2.24, 2.45) is 0 Å². The van der Waals surface area contributed by atoms with Crippen LogP contribution in [-0.4, -0.2) is 25.6 Å². The molecule has 25 heavy (non-hydrogen) atoms. The summed E-state index contributed by atoms with van der Waals surface area (Å²) in [5.74, 6) is -1.82. The van der Waals surface area contributed by atoms with E-state index >= 15 is 0 Å². The molecule has 3 rings (SSSR count). The van der Waals surface area contributed by atoms with E-state index in [1.54, 1.807) is 0 Å². The van der Waals surface area contributed by atoms with E-state index in [0.717, 1.165) is 16.9 Å². The summed E-state index contributed by atoms with van der Waals surface area (Å²) in [6.07, 6.45) is -2.42. The molecule has 3 aromatic rings. The molecule has 7 nitrogen and oxygen atoms in total. The van der Waals surface area contributed by atoms with Crippen LogP contribution >= 0.6 is 0 Å². The van der Waals surface area contributed by atoms with Crippen LogP contribution in [0.2, 0.25) is 0 Å². The number of aryl methyl sites for hydroxylation is 1. The molecule has 0 aromatic carbocycles. The first-order valence-corrected chi connectivity index (χ1v) is 6.58. The van der Waals surface area contributed by atoms with Crippen molar-refractivity contribution in [2.75, 3.05) is 5.73 Å². The van der Waals surface area contributed by atoms with E-state index in [1.807, 2.05) is 0 Å². The van der Waals surface area contributed by atoms with E-state index in [4.69, 9.17) is 5.73 Å². The molecule has 0 fully saturated rings. The minimum Gasteiger partial charge on any atom is -0.545 e. The maximum Gasteiger partial charge on any atom is 1.00 e. The minimum absolute atomic E-state index is 0. The maximum atomic E-state index is 13.3. The van der Waals surface area contributed by atoms with Gasteiger partial charge in [0.2, 0.25) is 0 Å². The second-order valence-corrected chi connectivity index (χ2v) is 4.99. The molecule has 0 aliphatic heterocycles. The van der Waals surface area contributed by atoms with Crippen LogP contribution in [0.4, 0.5) is 19.0 Å². The number of carbonyl (C=O) groups is 1. The minimum atomic E-state index is -4.68. The van der Waals surface area contributed by atoms with Gasteiger partial charge in [0.15, 0.2) is 5.82 Å². The fourth-order valence-electron chi connectivity index (χ4n) is 2.37. The Balaban J connectivity index is 0.00000225. The number of alkyl halides is 3. The Hall–Kier alpha value is -2.17. The molecule has 11 heteroatoms. The van der Waals surface area contributed by atoms with Crippen LogP contribution in [-0.2, 0) is 6.18 Å². The van der Waals surface area contributed by atoms with Crippen molar-refractivity contribution in [3.8, 4) is 11.3 Å². The van der Waals surface area contributed by atoms with Gasteiger partial charge in [0.05, 0.1) is 17.2 Å². The fraction of sp³-hybridized carbons (Fsp3) is 0.143. The van der Waals surface area contributed by atoms with Crippen LogP contribution in [0.1, 0.15) is 21.6 Å². The van der Waals surface area contributed by atoms with Gasteiger partial charge in [-0.25, -0.2) is 9.50 Å². The predicted molar refractivity (Wildman–Crippen MR) is 74.7 cm³/mol. The average molecular weight is 359 g/mol. The number of halogens is 3. The third-order valence-electron chi connectivity index (χ3n) is 3.49. The zero-order chi connectivity index (χ0) is 17.6. The summed E-state index contributed by atoms with van der Waals surface area (Å²) in [4.78, 5) is 18.6. The van der Waals surface area contributed by atoms with Crippen molar-refractivity contribution in [2.45, 2.75) is 13.1 Å². The van der Waals surface area contributed by atoms with Crippen molar-refractivity contribution in [3.63, 3.8) is 0 Å². The molecule has 0 radical (unpaired) electrons. The fourth-order valence-corrected chi connectivity index (χ4v) is 2.37. The molecule has 2 N–H and O–H groups in total. The number of carboxylic acids is 1. The number of hydrogen-bond acceptors (Lipinski definition) is 6. The van der Waals surface area contributed by atoms with Gasteiger partial charge in [0.1, 0.15) is 11.8 Å². The summed E-state index contributed by atoms with van der Waals surface area (Å²) < 4.78 is 40.7. The number of hydrogen-bond donors (Lipinski definition) is 1. The van der Waals surface area contributed by atoms with Crippen molar-refractivity contribution < 1.29 is 52.6 Å². The topological polar surface area (TPSA) is 109 Å². The van der Waals surface area contributed by atoms with Gasteiger partial charge in [-0.15, -0.1) is 0 Å². The molecule has 0 aliphatic carbocycles. The number of nitrogens with zero attached hydrogens (tertiary/aromatic N) is 4. The summed E-state index contributed by atoms with van der Waals surface area (Å²) in [7, 11) is 0. The number of fused-ring (bicyclic) bond motifs is 1. The zero-order valence-corrected chi connectivity index (χ0v) is 15.1. The van der Waals surface area contributed by atoms with Crippen LogP contribution in [0, 0.1) is 6.92 Å². The predicted octanol–water partition coefficient (Wildman–Crippen LogP) is -1.93. The summed E-state index contributed by atoms with van der Waals surface area (Å²) >= 11 is 0. The number of carbonyl (C=O) groups excluding carboxylic acids is 1. The summed E-state index contributed by atoms with van der Waals surface area (Å²) in [6.45, 7) is 1.45. The SMILES string of the molecule is Cc1ncc(-c2cc(C(F)(F)F)c3c(N)ncnn23)cc1C(=O)[O-].[Na+]. The second kappa shape index (κ2) is 6.62. The van der Waals surface area contributed by atoms with Gasteiger partial charge >= 0.3 is 35.7 Å². The van der Waals surface area contributed by atoms with E-state index < -0.39 is 23.2 Å². The number of rotatable bonds is 2. The summed E-state index contributed by atoms with van der Waals surface area (Å²) in [5, 5.41) is 14.9. The normalized spacial score (nSPS) is 11.4. The summed E-state index contributed by atoms with van der Waals surface area (Å²) in [6, 6.07) is 2.00. The molecule has 0 atom stereocenters. The first kappa shape index (κ1) is 19.2. The van der Waals surface area contributed by atoms with E-state index in [-0.39, 0.29) is 57.9 Å². The van der Waals surface area contributed by atoms with Gasteiger partial charge in [-0.3, -0.25) is 4.98 Å². The molecule has 124 valence electrons. The van der Waals surface area contributed by atoms with Gasteiger partial charge in [-0.05, 0) is 19.1 Å². The molecular weight excluding hydrogens is 350 g/mol. The van der Waals surface area contributed by atoms with Gasteiger partial charge in [-0.2, -0.15) is 18.3 Å². The largest absolute Gasteiger partial charge is 1.00 e. The van der Waals surface area contributed by atoms with E-state index in [0.29, 0.717) is 0 Å². The van der Waals surface area contributed by atoms with Crippen LogP contribution in [0.25, 0.3) is 16.8 Å². The Morgan fingerprint density at radius 3 is 2.56 bits per heavy atom. The van der Waals surface area contributed by atoms with Crippen molar-refractivity contribution >= 4 is 17.3 Å². The van der Waals surface area contributed by atoms with Gasteiger partial charge in [0.25, 0.3) is 0 Å². The Morgan fingerprint density at radius 2 is 1.96 bits per heavy atom. The zero-order valence-electron chi connectivity index (χ0n) is 13.1. The molecule has 0 bridgehead atoms. The molecule has 0 saturated heterocycles. The molecule has 0 spiro atoms. The van der Waals surface area contributed by atoms with E-state index in [2.05, 4.69) is 15.1 Å². The van der Waals surface area contributed by atoms with Crippen LogP contribution < -0.4 is 40.4 Å².